The molecule has 2 aromatic rings. The van der Waals surface area contributed by atoms with E-state index in [0.29, 0.717) is 22.7 Å². The first kappa shape index (κ1) is 17.0. The predicted molar refractivity (Wildman–Crippen MR) is 90.6 cm³/mol. The van der Waals surface area contributed by atoms with Crippen molar-refractivity contribution in [3.05, 3.63) is 54.1 Å². The molecule has 0 aromatic heterocycles. The molecular weight excluding hydrogens is 306 g/mol. The summed E-state index contributed by atoms with van der Waals surface area (Å²) >= 11 is 0. The standard InChI is InChI=1S/C18H17N3O3/c1-12(24-17-6-4-3-5-14(17)11-19)18(23)21-16-9-7-15(8-10-16)20-13(2)22/h3-10,12H,1-2H3,(H,20,22)(H,21,23)/t12-/m1/s1. The lowest BCUT2D eigenvalue weighted by atomic mass is 10.2. The van der Waals surface area contributed by atoms with Gasteiger partial charge in [-0.3, -0.25) is 9.59 Å². The molecule has 0 saturated heterocycles. The number of benzene rings is 2. The molecule has 0 spiro atoms. The maximum atomic E-state index is 12.2. The molecule has 0 radical (unpaired) electrons. The fraction of sp³-hybridized carbons (Fsp3) is 0.167. The lowest BCUT2D eigenvalue weighted by Crippen LogP contribution is -2.30. The van der Waals surface area contributed by atoms with E-state index in [9.17, 15) is 9.59 Å². The fourth-order valence-corrected chi connectivity index (χ4v) is 1.99. The third-order valence-corrected chi connectivity index (χ3v) is 3.15. The molecule has 0 heterocycles. The Morgan fingerprint density at radius 3 is 2.21 bits per heavy atom. The van der Waals surface area contributed by atoms with Crippen LogP contribution in [0.5, 0.6) is 5.75 Å². The van der Waals surface area contributed by atoms with Gasteiger partial charge in [0.2, 0.25) is 5.91 Å². The zero-order valence-electron chi connectivity index (χ0n) is 13.4. The SMILES string of the molecule is CC(=O)Nc1ccc(NC(=O)[C@@H](C)Oc2ccccc2C#N)cc1. The van der Waals surface area contributed by atoms with E-state index >= 15 is 0 Å². The average Bonchev–Trinajstić information content (AvgIpc) is 2.56. The number of hydrogen-bond donors (Lipinski definition) is 2. The normalized spacial score (nSPS) is 11.0. The van der Waals surface area contributed by atoms with Crippen LogP contribution in [0.1, 0.15) is 19.4 Å². The Kier molecular flexibility index (Phi) is 5.53. The lowest BCUT2D eigenvalue weighted by molar-refractivity contribution is -0.122. The van der Waals surface area contributed by atoms with Crippen molar-refractivity contribution in [1.82, 2.24) is 0 Å². The number of ether oxygens (including phenoxy) is 1. The molecular formula is C18H17N3O3. The maximum absolute atomic E-state index is 12.2. The number of carbonyl (C=O) groups excluding carboxylic acids is 2. The molecule has 1 atom stereocenters. The second kappa shape index (κ2) is 7.79. The predicted octanol–water partition coefficient (Wildman–Crippen LogP) is 2.92. The molecule has 0 bridgehead atoms. The van der Waals surface area contributed by atoms with Crippen molar-refractivity contribution in [2.75, 3.05) is 10.6 Å². The molecule has 0 unspecified atom stereocenters. The van der Waals surface area contributed by atoms with Crippen molar-refractivity contribution < 1.29 is 14.3 Å². The number of rotatable bonds is 5. The number of para-hydroxylation sites is 1. The summed E-state index contributed by atoms with van der Waals surface area (Å²) in [6.45, 7) is 3.03. The lowest BCUT2D eigenvalue weighted by Gasteiger charge is -2.15. The largest absolute Gasteiger partial charge is 0.480 e. The van der Waals surface area contributed by atoms with Gasteiger partial charge in [-0.25, -0.2) is 0 Å². The van der Waals surface area contributed by atoms with E-state index in [-0.39, 0.29) is 11.8 Å². The summed E-state index contributed by atoms with van der Waals surface area (Å²) in [5, 5.41) is 14.4. The van der Waals surface area contributed by atoms with Crippen LogP contribution in [0.4, 0.5) is 11.4 Å². The molecule has 6 heteroatoms. The molecule has 6 nitrogen and oxygen atoms in total. The number of nitrogens with zero attached hydrogens (tertiary/aromatic N) is 1. The van der Waals surface area contributed by atoms with Crippen LogP contribution in [0, 0.1) is 11.3 Å². The zero-order valence-corrected chi connectivity index (χ0v) is 13.4. The van der Waals surface area contributed by atoms with Gasteiger partial charge in [-0.05, 0) is 43.3 Å². The molecule has 0 aliphatic rings. The van der Waals surface area contributed by atoms with Gasteiger partial charge < -0.3 is 15.4 Å². The van der Waals surface area contributed by atoms with Crippen LogP contribution in [0.2, 0.25) is 0 Å². The molecule has 2 rings (SSSR count). The Balaban J connectivity index is 1.99. The van der Waals surface area contributed by atoms with Crippen LogP contribution in [-0.4, -0.2) is 17.9 Å². The van der Waals surface area contributed by atoms with Crippen LogP contribution in [-0.2, 0) is 9.59 Å². The Morgan fingerprint density at radius 1 is 1.04 bits per heavy atom. The van der Waals surface area contributed by atoms with Gasteiger partial charge in [0, 0.05) is 18.3 Å². The number of hydrogen-bond acceptors (Lipinski definition) is 4. The smallest absolute Gasteiger partial charge is 0.265 e. The van der Waals surface area contributed by atoms with Gasteiger partial charge in [0.25, 0.3) is 5.91 Å². The molecule has 0 aliphatic carbocycles. The average molecular weight is 323 g/mol. The second-order valence-corrected chi connectivity index (χ2v) is 5.12. The fourth-order valence-electron chi connectivity index (χ4n) is 1.99. The van der Waals surface area contributed by atoms with Crippen molar-refractivity contribution in [2.24, 2.45) is 0 Å². The zero-order chi connectivity index (χ0) is 17.5. The van der Waals surface area contributed by atoms with E-state index in [4.69, 9.17) is 10.00 Å². The molecule has 2 N–H and O–H groups in total. The minimum absolute atomic E-state index is 0.162. The number of amides is 2. The molecule has 0 fully saturated rings. The van der Waals surface area contributed by atoms with E-state index in [1.165, 1.54) is 6.92 Å². The molecule has 2 amide bonds. The topological polar surface area (TPSA) is 91.2 Å². The maximum Gasteiger partial charge on any atom is 0.265 e. The van der Waals surface area contributed by atoms with E-state index < -0.39 is 6.10 Å². The number of nitriles is 1. The molecule has 0 aliphatic heterocycles. The molecule has 122 valence electrons. The molecule has 2 aromatic carbocycles. The highest BCUT2D eigenvalue weighted by Crippen LogP contribution is 2.19. The number of carbonyl (C=O) groups is 2. The summed E-state index contributed by atoms with van der Waals surface area (Å²) < 4.78 is 5.56. The summed E-state index contributed by atoms with van der Waals surface area (Å²) in [5.74, 6) is -0.136. The summed E-state index contributed by atoms with van der Waals surface area (Å²) in [7, 11) is 0. The Hall–Kier alpha value is -3.33. The van der Waals surface area contributed by atoms with Gasteiger partial charge in [-0.1, -0.05) is 12.1 Å². The second-order valence-electron chi connectivity index (χ2n) is 5.12. The van der Waals surface area contributed by atoms with Crippen molar-refractivity contribution in [3.63, 3.8) is 0 Å². The quantitative estimate of drug-likeness (QED) is 0.885. The van der Waals surface area contributed by atoms with Crippen LogP contribution in [0.3, 0.4) is 0 Å². The van der Waals surface area contributed by atoms with E-state index in [1.807, 2.05) is 6.07 Å². The first-order chi connectivity index (χ1) is 11.5. The van der Waals surface area contributed by atoms with E-state index in [1.54, 1.807) is 55.5 Å². The van der Waals surface area contributed by atoms with Gasteiger partial charge in [0.1, 0.15) is 11.8 Å². The highest BCUT2D eigenvalue weighted by atomic mass is 16.5. The van der Waals surface area contributed by atoms with E-state index in [0.717, 1.165) is 0 Å². The van der Waals surface area contributed by atoms with Gasteiger partial charge in [0.05, 0.1) is 5.56 Å². The van der Waals surface area contributed by atoms with Crippen molar-refractivity contribution in [3.8, 4) is 11.8 Å². The summed E-state index contributed by atoms with van der Waals surface area (Å²) in [6.07, 6.45) is -0.769. The van der Waals surface area contributed by atoms with Crippen LogP contribution < -0.4 is 15.4 Å². The first-order valence-electron chi connectivity index (χ1n) is 7.34. The highest BCUT2D eigenvalue weighted by molar-refractivity contribution is 5.94. The van der Waals surface area contributed by atoms with E-state index in [2.05, 4.69) is 10.6 Å². The third kappa shape index (κ3) is 4.58. The third-order valence-electron chi connectivity index (χ3n) is 3.15. The summed E-state index contributed by atoms with van der Waals surface area (Å²) in [6, 6.07) is 15.5. The number of anilines is 2. The van der Waals surface area contributed by atoms with Gasteiger partial charge in [-0.2, -0.15) is 5.26 Å². The van der Waals surface area contributed by atoms with Crippen LogP contribution in [0.25, 0.3) is 0 Å². The Bertz CT molecular complexity index is 779. The van der Waals surface area contributed by atoms with Gasteiger partial charge in [-0.15, -0.1) is 0 Å². The van der Waals surface area contributed by atoms with Crippen molar-refractivity contribution in [2.45, 2.75) is 20.0 Å². The summed E-state index contributed by atoms with van der Waals surface area (Å²) in [4.78, 5) is 23.2. The van der Waals surface area contributed by atoms with Crippen molar-refractivity contribution >= 4 is 23.2 Å². The molecule has 0 saturated carbocycles. The van der Waals surface area contributed by atoms with Gasteiger partial charge in [0.15, 0.2) is 6.10 Å². The highest BCUT2D eigenvalue weighted by Gasteiger charge is 2.16. The van der Waals surface area contributed by atoms with Gasteiger partial charge >= 0.3 is 0 Å². The first-order valence-corrected chi connectivity index (χ1v) is 7.34. The Labute approximate surface area is 140 Å². The minimum atomic E-state index is -0.769. The van der Waals surface area contributed by atoms with Crippen LogP contribution in [0.15, 0.2) is 48.5 Å². The summed E-state index contributed by atoms with van der Waals surface area (Å²) in [5.41, 5.74) is 1.60. The number of nitrogens with one attached hydrogen (secondary N) is 2. The Morgan fingerprint density at radius 2 is 1.62 bits per heavy atom. The van der Waals surface area contributed by atoms with Crippen molar-refractivity contribution in [1.29, 1.82) is 5.26 Å². The minimum Gasteiger partial charge on any atom is -0.480 e. The van der Waals surface area contributed by atoms with Crippen LogP contribution >= 0.6 is 0 Å². The monoisotopic (exact) mass is 323 g/mol. The molecule has 24 heavy (non-hydrogen) atoms.